The molecular formula is C17H21N3O2S2. The number of carbonyl (C=O) groups is 1. The van der Waals surface area contributed by atoms with Gasteiger partial charge in [0.15, 0.2) is 0 Å². The van der Waals surface area contributed by atoms with E-state index in [0.717, 1.165) is 35.1 Å². The number of thiazole rings is 1. The third-order valence-electron chi connectivity index (χ3n) is 4.22. The fourth-order valence-corrected chi connectivity index (χ4v) is 4.06. The zero-order valence-corrected chi connectivity index (χ0v) is 15.3. The van der Waals surface area contributed by atoms with Crippen LogP contribution in [0.2, 0.25) is 0 Å². The van der Waals surface area contributed by atoms with Crippen molar-refractivity contribution in [3.63, 3.8) is 0 Å². The van der Waals surface area contributed by atoms with Gasteiger partial charge in [0.05, 0.1) is 6.61 Å². The molecule has 2 heterocycles. The third kappa shape index (κ3) is 3.97. The molecule has 1 aromatic heterocycles. The number of hydrogen-bond donors (Lipinski definition) is 1. The second kappa shape index (κ2) is 8.11. The predicted molar refractivity (Wildman–Crippen MR) is 97.4 cm³/mol. The lowest BCUT2D eigenvalue weighted by Crippen LogP contribution is -2.48. The zero-order chi connectivity index (χ0) is 16.9. The maximum absolute atomic E-state index is 12.5. The van der Waals surface area contributed by atoms with Gasteiger partial charge >= 0.3 is 0 Å². The second-order valence-electron chi connectivity index (χ2n) is 5.70. The van der Waals surface area contributed by atoms with Gasteiger partial charge in [-0.25, -0.2) is 4.98 Å². The fourth-order valence-electron chi connectivity index (χ4n) is 2.83. The van der Waals surface area contributed by atoms with Crippen molar-refractivity contribution in [1.29, 1.82) is 0 Å². The highest BCUT2D eigenvalue weighted by molar-refractivity contribution is 8.00. The summed E-state index contributed by atoms with van der Waals surface area (Å²) in [6.07, 6.45) is 1.97. The number of piperazine rings is 1. The van der Waals surface area contributed by atoms with E-state index in [9.17, 15) is 9.90 Å². The molecule has 0 radical (unpaired) electrons. The van der Waals surface area contributed by atoms with Crippen LogP contribution >= 0.6 is 23.1 Å². The van der Waals surface area contributed by atoms with Crippen LogP contribution in [0.1, 0.15) is 21.6 Å². The molecule has 24 heavy (non-hydrogen) atoms. The van der Waals surface area contributed by atoms with E-state index >= 15 is 0 Å². The van der Waals surface area contributed by atoms with E-state index in [4.69, 9.17) is 0 Å². The quantitative estimate of drug-likeness (QED) is 0.826. The van der Waals surface area contributed by atoms with Crippen LogP contribution in [0.3, 0.4) is 0 Å². The van der Waals surface area contributed by atoms with Gasteiger partial charge in [-0.05, 0) is 17.4 Å². The molecule has 128 valence electrons. The Morgan fingerprint density at radius 2 is 1.96 bits per heavy atom. The van der Waals surface area contributed by atoms with Gasteiger partial charge in [-0.2, -0.15) is 0 Å². The number of carbonyl (C=O) groups excluding carboxylic acids is 1. The van der Waals surface area contributed by atoms with E-state index < -0.39 is 0 Å². The summed E-state index contributed by atoms with van der Waals surface area (Å²) in [6.45, 7) is 3.98. The average molecular weight is 364 g/mol. The Hall–Kier alpha value is -1.41. The molecule has 7 heteroatoms. The van der Waals surface area contributed by atoms with Gasteiger partial charge in [0.25, 0.3) is 5.91 Å². The summed E-state index contributed by atoms with van der Waals surface area (Å²) in [4.78, 5) is 21.1. The Kier molecular flexibility index (Phi) is 5.89. The number of amides is 1. The number of hydrogen-bond acceptors (Lipinski definition) is 6. The van der Waals surface area contributed by atoms with Crippen molar-refractivity contribution in [2.24, 2.45) is 0 Å². The van der Waals surface area contributed by atoms with Crippen molar-refractivity contribution in [3.8, 4) is 0 Å². The summed E-state index contributed by atoms with van der Waals surface area (Å²) < 4.78 is 0.928. The number of aliphatic hydroxyl groups is 1. The molecule has 0 saturated carbocycles. The summed E-state index contributed by atoms with van der Waals surface area (Å²) in [5.74, 6) is 0.0296. The molecule has 0 aliphatic carbocycles. The third-order valence-corrected chi connectivity index (χ3v) is 6.08. The first-order valence-electron chi connectivity index (χ1n) is 7.90. The zero-order valence-electron chi connectivity index (χ0n) is 13.6. The van der Waals surface area contributed by atoms with Gasteiger partial charge in [-0.15, -0.1) is 11.3 Å². The molecule has 1 amide bonds. The Bertz CT molecular complexity index is 697. The molecule has 2 aromatic rings. The molecule has 0 bridgehead atoms. The van der Waals surface area contributed by atoms with Crippen molar-refractivity contribution in [2.75, 3.05) is 32.4 Å². The summed E-state index contributed by atoms with van der Waals surface area (Å²) in [7, 11) is 0. The highest BCUT2D eigenvalue weighted by Crippen LogP contribution is 2.21. The molecule has 1 aliphatic rings. The van der Waals surface area contributed by atoms with E-state index in [0.29, 0.717) is 18.8 Å². The lowest BCUT2D eigenvalue weighted by Gasteiger charge is -2.34. The Balaban J connectivity index is 1.56. The fraction of sp³-hybridized carbons (Fsp3) is 0.412. The highest BCUT2D eigenvalue weighted by atomic mass is 32.2. The molecule has 1 aliphatic heterocycles. The first-order chi connectivity index (χ1) is 11.7. The van der Waals surface area contributed by atoms with Crippen LogP contribution in [0.25, 0.3) is 0 Å². The van der Waals surface area contributed by atoms with Crippen molar-refractivity contribution in [2.45, 2.75) is 17.5 Å². The number of nitrogens with zero attached hydrogens (tertiary/aromatic N) is 3. The lowest BCUT2D eigenvalue weighted by atomic mass is 10.1. The first kappa shape index (κ1) is 17.4. The Morgan fingerprint density at radius 3 is 2.58 bits per heavy atom. The van der Waals surface area contributed by atoms with Crippen LogP contribution in [-0.4, -0.2) is 58.2 Å². The van der Waals surface area contributed by atoms with Crippen LogP contribution < -0.4 is 0 Å². The number of thioether (sulfide) groups is 1. The molecule has 1 aromatic carbocycles. The summed E-state index contributed by atoms with van der Waals surface area (Å²) in [5.41, 5.74) is 2.69. The maximum atomic E-state index is 12.5. The number of benzene rings is 1. The Labute approximate surface area is 150 Å². The average Bonchev–Trinajstić information content (AvgIpc) is 3.11. The number of aromatic nitrogens is 1. The molecule has 0 atom stereocenters. The summed E-state index contributed by atoms with van der Waals surface area (Å²) >= 11 is 3.09. The topological polar surface area (TPSA) is 56.7 Å². The van der Waals surface area contributed by atoms with E-state index in [-0.39, 0.29) is 12.5 Å². The van der Waals surface area contributed by atoms with Gasteiger partial charge in [0.1, 0.15) is 10.0 Å². The Morgan fingerprint density at radius 1 is 1.25 bits per heavy atom. The monoisotopic (exact) mass is 363 g/mol. The van der Waals surface area contributed by atoms with Gasteiger partial charge < -0.3 is 10.0 Å². The van der Waals surface area contributed by atoms with Crippen molar-refractivity contribution in [3.05, 3.63) is 46.5 Å². The van der Waals surface area contributed by atoms with Crippen LogP contribution in [0, 0.1) is 0 Å². The normalized spacial score (nSPS) is 15.7. The number of rotatable bonds is 5. The van der Waals surface area contributed by atoms with E-state index in [1.165, 1.54) is 11.3 Å². The van der Waals surface area contributed by atoms with Gasteiger partial charge in [0.2, 0.25) is 0 Å². The highest BCUT2D eigenvalue weighted by Gasteiger charge is 2.24. The lowest BCUT2D eigenvalue weighted by molar-refractivity contribution is 0.0622. The molecular weight excluding hydrogens is 342 g/mol. The van der Waals surface area contributed by atoms with Gasteiger partial charge in [-0.1, -0.05) is 36.0 Å². The van der Waals surface area contributed by atoms with E-state index in [1.54, 1.807) is 11.8 Å². The standard InChI is InChI=1S/C17H21N3O2S2/c1-23-17-18-15(12-24-17)16(22)20-8-6-19(7-9-20)10-13-4-2-3-5-14(13)11-21/h2-5,12,21H,6-11H2,1H3. The van der Waals surface area contributed by atoms with Gasteiger partial charge in [-0.3, -0.25) is 9.69 Å². The molecule has 1 N–H and O–H groups in total. The molecule has 1 saturated heterocycles. The van der Waals surface area contributed by atoms with Crippen LogP contribution in [0.15, 0.2) is 34.0 Å². The van der Waals surface area contributed by atoms with Crippen LogP contribution in [0.5, 0.6) is 0 Å². The molecule has 0 unspecified atom stereocenters. The molecule has 0 spiro atoms. The van der Waals surface area contributed by atoms with Crippen LogP contribution in [0.4, 0.5) is 0 Å². The second-order valence-corrected chi connectivity index (χ2v) is 7.61. The van der Waals surface area contributed by atoms with E-state index in [2.05, 4.69) is 16.0 Å². The minimum Gasteiger partial charge on any atom is -0.392 e. The largest absolute Gasteiger partial charge is 0.392 e. The minimum atomic E-state index is 0.0296. The van der Waals surface area contributed by atoms with Crippen molar-refractivity contribution in [1.82, 2.24) is 14.8 Å². The van der Waals surface area contributed by atoms with Crippen LogP contribution in [-0.2, 0) is 13.2 Å². The van der Waals surface area contributed by atoms with Gasteiger partial charge in [0, 0.05) is 38.1 Å². The van der Waals surface area contributed by atoms with E-state index in [1.807, 2.05) is 34.7 Å². The predicted octanol–water partition coefficient (Wildman–Crippen LogP) is 2.32. The summed E-state index contributed by atoms with van der Waals surface area (Å²) in [5, 5.41) is 11.3. The SMILES string of the molecule is CSc1nc(C(=O)N2CCN(Cc3ccccc3CO)CC2)cs1. The molecule has 1 fully saturated rings. The molecule has 5 nitrogen and oxygen atoms in total. The molecule has 3 rings (SSSR count). The minimum absolute atomic E-state index is 0.0296. The first-order valence-corrected chi connectivity index (χ1v) is 10.0. The van der Waals surface area contributed by atoms with Crippen molar-refractivity contribution < 1.29 is 9.90 Å². The van der Waals surface area contributed by atoms with Crippen molar-refractivity contribution >= 4 is 29.0 Å². The smallest absolute Gasteiger partial charge is 0.273 e. The summed E-state index contributed by atoms with van der Waals surface area (Å²) in [6, 6.07) is 7.96. The number of aliphatic hydroxyl groups excluding tert-OH is 1. The maximum Gasteiger partial charge on any atom is 0.273 e.